The van der Waals surface area contributed by atoms with Gasteiger partial charge in [-0.15, -0.1) is 0 Å². The maximum atomic E-state index is 11.3. The molecule has 0 bridgehead atoms. The Labute approximate surface area is 138 Å². The highest BCUT2D eigenvalue weighted by molar-refractivity contribution is 7.99. The van der Waals surface area contributed by atoms with Gasteiger partial charge in [-0.1, -0.05) is 23.4 Å². The van der Waals surface area contributed by atoms with Gasteiger partial charge in [-0.2, -0.15) is 0 Å². The molecule has 0 saturated carbocycles. The van der Waals surface area contributed by atoms with Crippen molar-refractivity contribution in [2.24, 2.45) is 0 Å². The van der Waals surface area contributed by atoms with Crippen molar-refractivity contribution < 1.29 is 19.3 Å². The van der Waals surface area contributed by atoms with E-state index in [1.165, 1.54) is 17.8 Å². The molecule has 3 rings (SSSR count). The molecule has 1 aromatic heterocycles. The molecule has 1 heterocycles. The van der Waals surface area contributed by atoms with Crippen LogP contribution in [0.5, 0.6) is 6.08 Å². The van der Waals surface area contributed by atoms with E-state index < -0.39 is 11.0 Å². The highest BCUT2D eigenvalue weighted by Crippen LogP contribution is 2.35. The van der Waals surface area contributed by atoms with Crippen molar-refractivity contribution in [3.8, 4) is 11.8 Å². The second kappa shape index (κ2) is 6.23. The minimum Gasteiger partial charge on any atom is -0.523 e. The van der Waals surface area contributed by atoms with Gasteiger partial charge >= 0.3 is 0 Å². The van der Waals surface area contributed by atoms with Crippen LogP contribution in [0.2, 0.25) is 5.02 Å². The molecule has 0 amide bonds. The van der Waals surface area contributed by atoms with Gasteiger partial charge in [0.15, 0.2) is 0 Å². The predicted molar refractivity (Wildman–Crippen MR) is 77.5 cm³/mol. The van der Waals surface area contributed by atoms with Crippen molar-refractivity contribution in [3.63, 3.8) is 0 Å². The van der Waals surface area contributed by atoms with Gasteiger partial charge in [0, 0.05) is 16.0 Å². The van der Waals surface area contributed by atoms with Crippen LogP contribution in [0.15, 0.2) is 56.8 Å². The average molecular weight is 351 g/mol. The zero-order valence-electron chi connectivity index (χ0n) is 11.2. The lowest BCUT2D eigenvalue weighted by molar-refractivity contribution is -0.726. The predicted octanol–water partition coefficient (Wildman–Crippen LogP) is 2.13. The SMILES string of the molecule is O=[N+]([O-])c1cc(-[n+]2noc([O-])n2)ccc1Sc1ccc(Cl)cc1. The maximum Gasteiger partial charge on any atom is 0.290 e. The Bertz CT molecular complexity index is 869. The van der Waals surface area contributed by atoms with Crippen molar-refractivity contribution in [1.82, 2.24) is 10.4 Å². The van der Waals surface area contributed by atoms with E-state index in [0.717, 1.165) is 9.69 Å². The van der Waals surface area contributed by atoms with E-state index in [1.807, 2.05) is 0 Å². The summed E-state index contributed by atoms with van der Waals surface area (Å²) in [5.74, 6) is 0. The van der Waals surface area contributed by atoms with Gasteiger partial charge < -0.3 is 9.63 Å². The van der Waals surface area contributed by atoms with Gasteiger partial charge in [0.1, 0.15) is 5.27 Å². The zero-order chi connectivity index (χ0) is 16.4. The molecule has 0 atom stereocenters. The Balaban J connectivity index is 1.97. The van der Waals surface area contributed by atoms with E-state index >= 15 is 0 Å². The maximum absolute atomic E-state index is 11.3. The Morgan fingerprint density at radius 1 is 1.22 bits per heavy atom. The molecule has 0 radical (unpaired) electrons. The van der Waals surface area contributed by atoms with Gasteiger partial charge in [-0.25, -0.2) is 0 Å². The highest BCUT2D eigenvalue weighted by Gasteiger charge is 2.22. The second-order valence-corrected chi connectivity index (χ2v) is 5.85. The molecule has 8 nitrogen and oxygen atoms in total. The smallest absolute Gasteiger partial charge is 0.290 e. The fourth-order valence-electron chi connectivity index (χ4n) is 1.78. The molecule has 2 aromatic carbocycles. The van der Waals surface area contributed by atoms with Crippen LogP contribution in [0.4, 0.5) is 5.69 Å². The van der Waals surface area contributed by atoms with Crippen LogP contribution in [0, 0.1) is 10.1 Å². The first-order valence-electron chi connectivity index (χ1n) is 6.18. The van der Waals surface area contributed by atoms with Crippen molar-refractivity contribution in [1.29, 1.82) is 0 Å². The fraction of sp³-hybridized carbons (Fsp3) is 0. The number of rotatable bonds is 4. The molecule has 23 heavy (non-hydrogen) atoms. The lowest BCUT2D eigenvalue weighted by Crippen LogP contribution is -2.35. The number of halogens is 1. The minimum atomic E-state index is -0.882. The van der Waals surface area contributed by atoms with Crippen LogP contribution in [0.25, 0.3) is 5.69 Å². The summed E-state index contributed by atoms with van der Waals surface area (Å²) in [5, 5.41) is 29.6. The van der Waals surface area contributed by atoms with Crippen molar-refractivity contribution >= 4 is 29.1 Å². The van der Waals surface area contributed by atoms with Crippen LogP contribution < -0.4 is 9.90 Å². The third-order valence-electron chi connectivity index (χ3n) is 2.78. The number of nitro benzene ring substituents is 1. The van der Waals surface area contributed by atoms with Gasteiger partial charge in [-0.05, 0) is 30.3 Å². The normalized spacial score (nSPS) is 10.7. The molecule has 0 unspecified atom stereocenters. The van der Waals surface area contributed by atoms with Crippen molar-refractivity contribution in [2.75, 3.05) is 0 Å². The van der Waals surface area contributed by atoms with Crippen LogP contribution in [-0.4, -0.2) is 15.3 Å². The van der Waals surface area contributed by atoms with E-state index in [9.17, 15) is 15.2 Å². The molecule has 116 valence electrons. The van der Waals surface area contributed by atoms with E-state index in [1.54, 1.807) is 36.4 Å². The standard InChI is InChI=1S/C13H7ClN4O4S/c14-8-1-4-10(5-2-8)23-12-6-3-9(7-11(12)18(20)21)17-15-13(19)22-16-17/h1-7H. The third kappa shape index (κ3) is 3.41. The van der Waals surface area contributed by atoms with Crippen molar-refractivity contribution in [2.45, 2.75) is 9.79 Å². The average Bonchev–Trinajstić information content (AvgIpc) is 2.96. The topological polar surface area (TPSA) is 109 Å². The summed E-state index contributed by atoms with van der Waals surface area (Å²) in [4.78, 5) is 12.9. The molecule has 0 saturated heterocycles. The van der Waals surface area contributed by atoms with Gasteiger partial charge in [0.25, 0.3) is 11.4 Å². The zero-order valence-corrected chi connectivity index (χ0v) is 12.8. The van der Waals surface area contributed by atoms with E-state index in [-0.39, 0.29) is 11.4 Å². The van der Waals surface area contributed by atoms with Gasteiger partial charge in [0.2, 0.25) is 6.08 Å². The Morgan fingerprint density at radius 2 is 1.96 bits per heavy atom. The lowest BCUT2D eigenvalue weighted by Gasteiger charge is -2.03. The number of nitro groups is 1. The molecule has 3 aromatic rings. The summed E-state index contributed by atoms with van der Waals surface area (Å²) >= 11 is 7.04. The second-order valence-electron chi connectivity index (χ2n) is 4.29. The van der Waals surface area contributed by atoms with Gasteiger partial charge in [0.05, 0.1) is 25.8 Å². The summed E-state index contributed by atoms with van der Waals surface area (Å²) in [6.45, 7) is 0. The summed E-state index contributed by atoms with van der Waals surface area (Å²) in [6, 6.07) is 11.3. The monoisotopic (exact) mass is 350 g/mol. The van der Waals surface area contributed by atoms with Crippen LogP contribution in [-0.2, 0) is 0 Å². The quantitative estimate of drug-likeness (QED) is 0.402. The largest absolute Gasteiger partial charge is 0.523 e. The number of hydrogen-bond donors (Lipinski definition) is 0. The number of aromatic nitrogens is 3. The first-order chi connectivity index (χ1) is 11.0. The van der Waals surface area contributed by atoms with E-state index in [2.05, 4.69) is 14.9 Å². The van der Waals surface area contributed by atoms with Crippen LogP contribution in [0.3, 0.4) is 0 Å². The highest BCUT2D eigenvalue weighted by atomic mass is 35.5. The van der Waals surface area contributed by atoms with E-state index in [0.29, 0.717) is 9.92 Å². The molecule has 10 heteroatoms. The van der Waals surface area contributed by atoms with E-state index in [4.69, 9.17) is 11.6 Å². The molecule has 0 spiro atoms. The third-order valence-corrected chi connectivity index (χ3v) is 4.11. The fourth-order valence-corrected chi connectivity index (χ4v) is 2.81. The first kappa shape index (κ1) is 15.3. The molecule has 0 aliphatic heterocycles. The Hall–Kier alpha value is -2.65. The van der Waals surface area contributed by atoms with Gasteiger partial charge in [-0.3, -0.25) is 10.1 Å². The number of hydrogen-bond acceptors (Lipinski definition) is 7. The summed E-state index contributed by atoms with van der Waals surface area (Å²) in [7, 11) is 0. The Kier molecular flexibility index (Phi) is 4.13. The van der Waals surface area contributed by atoms with Crippen LogP contribution >= 0.6 is 23.4 Å². The molecule has 0 N–H and O–H groups in total. The Morgan fingerprint density at radius 3 is 2.57 bits per heavy atom. The number of benzene rings is 2. The molecular weight excluding hydrogens is 344 g/mol. The molecular formula is C13H7ClN4O4S. The van der Waals surface area contributed by atoms with Crippen LogP contribution in [0.1, 0.15) is 0 Å². The number of nitrogens with zero attached hydrogens (tertiary/aromatic N) is 4. The molecule has 0 aliphatic rings. The molecule has 0 fully saturated rings. The summed E-state index contributed by atoms with van der Waals surface area (Å²) in [6.07, 6.45) is -0.882. The van der Waals surface area contributed by atoms with Crippen molar-refractivity contribution in [3.05, 3.63) is 57.6 Å². The molecule has 0 aliphatic carbocycles. The lowest BCUT2D eigenvalue weighted by atomic mass is 10.3. The first-order valence-corrected chi connectivity index (χ1v) is 7.38. The summed E-state index contributed by atoms with van der Waals surface area (Å²) < 4.78 is 4.32. The minimum absolute atomic E-state index is 0.132. The summed E-state index contributed by atoms with van der Waals surface area (Å²) in [5.41, 5.74) is 0.121.